The SMILES string of the molecule is O=C(NCCc1ccccc1)[C@@H]1C[C@H](COc2cccc(C(F)(F)F)c2)CN(Cc2ccncc2)C1. The number of carbonyl (C=O) groups is 1. The number of nitrogens with zero attached hydrogens (tertiary/aromatic N) is 2. The van der Waals surface area contributed by atoms with Crippen molar-refractivity contribution in [2.45, 2.75) is 25.6 Å². The molecule has 2 heterocycles. The average Bonchev–Trinajstić information content (AvgIpc) is 2.88. The number of halogens is 3. The average molecular weight is 498 g/mol. The second-order valence-electron chi connectivity index (χ2n) is 9.21. The van der Waals surface area contributed by atoms with Crippen molar-refractivity contribution in [3.8, 4) is 5.75 Å². The van der Waals surface area contributed by atoms with Crippen LogP contribution in [0.15, 0.2) is 79.1 Å². The molecule has 8 heteroatoms. The quantitative estimate of drug-likeness (QED) is 0.453. The monoisotopic (exact) mass is 497 g/mol. The van der Waals surface area contributed by atoms with E-state index >= 15 is 0 Å². The van der Waals surface area contributed by atoms with Gasteiger partial charge in [-0.05, 0) is 54.3 Å². The van der Waals surface area contributed by atoms with Crippen LogP contribution in [-0.2, 0) is 23.9 Å². The highest BCUT2D eigenvalue weighted by atomic mass is 19.4. The second kappa shape index (κ2) is 12.0. The number of amides is 1. The van der Waals surface area contributed by atoms with Crippen molar-refractivity contribution in [1.82, 2.24) is 15.2 Å². The van der Waals surface area contributed by atoms with Crippen LogP contribution in [0.4, 0.5) is 13.2 Å². The van der Waals surface area contributed by atoms with Gasteiger partial charge in [-0.3, -0.25) is 14.7 Å². The van der Waals surface area contributed by atoms with Gasteiger partial charge < -0.3 is 10.1 Å². The molecule has 1 aliphatic heterocycles. The Kier molecular flexibility index (Phi) is 8.59. The van der Waals surface area contributed by atoms with E-state index in [2.05, 4.69) is 15.2 Å². The van der Waals surface area contributed by atoms with E-state index in [1.54, 1.807) is 12.4 Å². The molecule has 1 saturated heterocycles. The standard InChI is InChI=1S/C28H30F3N3O2/c29-28(30,31)25-7-4-8-26(16-25)36-20-23-15-24(19-34(18-23)17-22-9-12-32-13-10-22)27(35)33-14-11-21-5-2-1-3-6-21/h1-10,12-13,16,23-24H,11,14-15,17-20H2,(H,33,35)/t23-,24+/m0/s1. The third-order valence-electron chi connectivity index (χ3n) is 6.34. The van der Waals surface area contributed by atoms with Crippen molar-refractivity contribution in [1.29, 1.82) is 0 Å². The zero-order valence-electron chi connectivity index (χ0n) is 20.0. The van der Waals surface area contributed by atoms with Crippen LogP contribution in [0.5, 0.6) is 5.75 Å². The summed E-state index contributed by atoms with van der Waals surface area (Å²) < 4.78 is 45.0. The lowest BCUT2D eigenvalue weighted by Crippen LogP contribution is -2.47. The molecule has 1 fully saturated rings. The van der Waals surface area contributed by atoms with Crippen molar-refractivity contribution < 1.29 is 22.7 Å². The molecule has 2 atom stereocenters. The first-order chi connectivity index (χ1) is 17.4. The van der Waals surface area contributed by atoms with Gasteiger partial charge in [-0.1, -0.05) is 36.4 Å². The third kappa shape index (κ3) is 7.55. The number of aromatic nitrogens is 1. The van der Waals surface area contributed by atoms with Gasteiger partial charge in [0.25, 0.3) is 0 Å². The van der Waals surface area contributed by atoms with Crippen molar-refractivity contribution in [3.05, 3.63) is 95.8 Å². The van der Waals surface area contributed by atoms with Crippen LogP contribution in [-0.4, -0.2) is 42.0 Å². The molecule has 36 heavy (non-hydrogen) atoms. The van der Waals surface area contributed by atoms with Crippen LogP contribution in [0.25, 0.3) is 0 Å². The third-order valence-corrected chi connectivity index (χ3v) is 6.34. The van der Waals surface area contributed by atoms with E-state index in [-0.39, 0.29) is 30.1 Å². The topological polar surface area (TPSA) is 54.5 Å². The van der Waals surface area contributed by atoms with E-state index in [0.29, 0.717) is 32.6 Å². The molecule has 4 rings (SSSR count). The molecule has 0 unspecified atom stereocenters. The Labute approximate surface area is 209 Å². The number of nitrogens with one attached hydrogen (secondary N) is 1. The number of hydrogen-bond donors (Lipinski definition) is 1. The Balaban J connectivity index is 1.38. The molecule has 2 aromatic carbocycles. The van der Waals surface area contributed by atoms with Gasteiger partial charge in [-0.15, -0.1) is 0 Å². The summed E-state index contributed by atoms with van der Waals surface area (Å²) in [6, 6.07) is 18.8. The van der Waals surface area contributed by atoms with Crippen molar-refractivity contribution >= 4 is 5.91 Å². The molecule has 1 aromatic heterocycles. The van der Waals surface area contributed by atoms with Gasteiger partial charge in [-0.2, -0.15) is 13.2 Å². The minimum Gasteiger partial charge on any atom is -0.493 e. The van der Waals surface area contributed by atoms with Crippen LogP contribution in [0.3, 0.4) is 0 Å². The van der Waals surface area contributed by atoms with Crippen molar-refractivity contribution in [3.63, 3.8) is 0 Å². The smallest absolute Gasteiger partial charge is 0.416 e. The molecule has 190 valence electrons. The highest BCUT2D eigenvalue weighted by molar-refractivity contribution is 5.79. The summed E-state index contributed by atoms with van der Waals surface area (Å²) in [4.78, 5) is 19.3. The maximum Gasteiger partial charge on any atom is 0.416 e. The fraction of sp³-hybridized carbons (Fsp3) is 0.357. The minimum atomic E-state index is -4.42. The molecule has 0 spiro atoms. The predicted molar refractivity (Wildman–Crippen MR) is 131 cm³/mol. The van der Waals surface area contributed by atoms with E-state index < -0.39 is 11.7 Å². The highest BCUT2D eigenvalue weighted by Gasteiger charge is 2.33. The van der Waals surface area contributed by atoms with Crippen LogP contribution < -0.4 is 10.1 Å². The summed E-state index contributed by atoms with van der Waals surface area (Å²) in [7, 11) is 0. The maximum absolute atomic E-state index is 13.1. The van der Waals surface area contributed by atoms with E-state index in [9.17, 15) is 18.0 Å². The summed E-state index contributed by atoms with van der Waals surface area (Å²) in [5.41, 5.74) is 1.51. The first-order valence-electron chi connectivity index (χ1n) is 12.1. The Morgan fingerprint density at radius 2 is 1.78 bits per heavy atom. The number of piperidine rings is 1. The molecular formula is C28H30F3N3O2. The molecule has 0 bridgehead atoms. The normalized spacial score (nSPS) is 18.5. The molecular weight excluding hydrogens is 467 g/mol. The van der Waals surface area contributed by atoms with E-state index in [4.69, 9.17) is 4.74 Å². The molecule has 1 aliphatic rings. The molecule has 3 aromatic rings. The van der Waals surface area contributed by atoms with Gasteiger partial charge in [0.1, 0.15) is 5.75 Å². The van der Waals surface area contributed by atoms with Gasteiger partial charge in [0.05, 0.1) is 18.1 Å². The van der Waals surface area contributed by atoms with E-state index in [1.807, 2.05) is 42.5 Å². The van der Waals surface area contributed by atoms with Crippen LogP contribution >= 0.6 is 0 Å². The maximum atomic E-state index is 13.1. The first-order valence-corrected chi connectivity index (χ1v) is 12.1. The summed E-state index contributed by atoms with van der Waals surface area (Å²) in [6.45, 7) is 2.75. The van der Waals surface area contributed by atoms with Gasteiger partial charge in [0.15, 0.2) is 0 Å². The highest BCUT2D eigenvalue weighted by Crippen LogP contribution is 2.32. The second-order valence-corrected chi connectivity index (χ2v) is 9.21. The number of benzene rings is 2. The first kappa shape index (κ1) is 25.7. The predicted octanol–water partition coefficient (Wildman–Crippen LogP) is 4.98. The lowest BCUT2D eigenvalue weighted by atomic mass is 9.88. The minimum absolute atomic E-state index is 0.00000319. The molecule has 1 amide bonds. The summed E-state index contributed by atoms with van der Waals surface area (Å²) in [5, 5.41) is 3.06. The van der Waals surface area contributed by atoms with E-state index in [1.165, 1.54) is 12.1 Å². The number of hydrogen-bond acceptors (Lipinski definition) is 4. The number of rotatable bonds is 9. The van der Waals surface area contributed by atoms with Crippen molar-refractivity contribution in [2.75, 3.05) is 26.2 Å². The van der Waals surface area contributed by atoms with E-state index in [0.717, 1.165) is 29.7 Å². The fourth-order valence-corrected chi connectivity index (χ4v) is 4.58. The number of ether oxygens (including phenoxy) is 1. The summed E-state index contributed by atoms with van der Waals surface area (Å²) >= 11 is 0. The van der Waals surface area contributed by atoms with Gasteiger partial charge >= 0.3 is 6.18 Å². The van der Waals surface area contributed by atoms with Gasteiger partial charge in [0, 0.05) is 44.5 Å². The molecule has 0 radical (unpaired) electrons. The Morgan fingerprint density at radius 3 is 2.53 bits per heavy atom. The number of carbonyl (C=O) groups excluding carboxylic acids is 1. The number of pyridine rings is 1. The molecule has 1 N–H and O–H groups in total. The summed E-state index contributed by atoms with van der Waals surface area (Å²) in [5.74, 6) is -0.0548. The van der Waals surface area contributed by atoms with Crippen LogP contribution in [0.1, 0.15) is 23.1 Å². The molecule has 0 saturated carbocycles. The van der Waals surface area contributed by atoms with Crippen LogP contribution in [0.2, 0.25) is 0 Å². The molecule has 5 nitrogen and oxygen atoms in total. The fourth-order valence-electron chi connectivity index (χ4n) is 4.58. The lowest BCUT2D eigenvalue weighted by molar-refractivity contribution is -0.137. The Morgan fingerprint density at radius 1 is 1.00 bits per heavy atom. The van der Waals surface area contributed by atoms with Crippen LogP contribution in [0, 0.1) is 11.8 Å². The number of likely N-dealkylation sites (tertiary alicyclic amines) is 1. The van der Waals surface area contributed by atoms with Gasteiger partial charge in [0.2, 0.25) is 5.91 Å². The zero-order valence-corrected chi connectivity index (χ0v) is 20.0. The summed E-state index contributed by atoms with van der Waals surface area (Å²) in [6.07, 6.45) is 0.419. The molecule has 0 aliphatic carbocycles. The van der Waals surface area contributed by atoms with Crippen molar-refractivity contribution in [2.24, 2.45) is 11.8 Å². The largest absolute Gasteiger partial charge is 0.493 e. The Hall–Kier alpha value is -3.39. The zero-order chi connectivity index (χ0) is 25.4. The lowest BCUT2D eigenvalue weighted by Gasteiger charge is -2.37. The Bertz CT molecular complexity index is 1110. The van der Waals surface area contributed by atoms with Gasteiger partial charge in [-0.25, -0.2) is 0 Å². The number of alkyl halides is 3.